The molecule has 0 radical (unpaired) electrons. The van der Waals surface area contributed by atoms with Crippen molar-refractivity contribution in [1.29, 1.82) is 0 Å². The zero-order valence-corrected chi connectivity index (χ0v) is 11.2. The predicted octanol–water partition coefficient (Wildman–Crippen LogP) is 0.498. The van der Waals surface area contributed by atoms with E-state index in [4.69, 9.17) is 9.66 Å². The Hall–Kier alpha value is 0.120. The Labute approximate surface area is 101 Å². The van der Waals surface area contributed by atoms with Crippen molar-refractivity contribution in [2.24, 2.45) is 0 Å². The molecule has 0 saturated carbocycles. The molecular formula is C7H13NaO5S. The van der Waals surface area contributed by atoms with Gasteiger partial charge in [0.2, 0.25) is 0 Å². The van der Waals surface area contributed by atoms with Crippen LogP contribution in [0.15, 0.2) is 12.2 Å². The molecule has 0 heterocycles. The summed E-state index contributed by atoms with van der Waals surface area (Å²) in [5.74, 6) is -1.01. The minimum atomic E-state index is -3.66. The fraction of sp³-hybridized carbons (Fsp3) is 0.571. The van der Waals surface area contributed by atoms with E-state index < -0.39 is 16.1 Å². The summed E-state index contributed by atoms with van der Waals surface area (Å²) in [5.41, 5.74) is 0.176. The van der Waals surface area contributed by atoms with Crippen molar-refractivity contribution in [1.82, 2.24) is 0 Å². The van der Waals surface area contributed by atoms with E-state index in [1.165, 1.54) is 6.92 Å². The van der Waals surface area contributed by atoms with Gasteiger partial charge >= 0.3 is 72.8 Å². The maximum atomic E-state index is 9.96. The first-order chi connectivity index (χ1) is 6.20. The molecule has 0 unspecified atom stereocenters. The molecule has 0 fully saturated rings. The molecule has 5 nitrogen and oxygen atoms in total. The summed E-state index contributed by atoms with van der Waals surface area (Å²) >= 11 is 1.01. The molecule has 0 aliphatic carbocycles. The van der Waals surface area contributed by atoms with Crippen LogP contribution in [-0.4, -0.2) is 57.7 Å². The molecule has 0 saturated heterocycles. The van der Waals surface area contributed by atoms with Crippen molar-refractivity contribution in [2.75, 3.05) is 5.75 Å². The summed E-state index contributed by atoms with van der Waals surface area (Å²) in [6.07, 6.45) is 0.602. The van der Waals surface area contributed by atoms with Gasteiger partial charge < -0.3 is 5.11 Å². The van der Waals surface area contributed by atoms with E-state index in [0.717, 1.165) is 31.6 Å². The zero-order valence-electron chi connectivity index (χ0n) is 8.36. The van der Waals surface area contributed by atoms with Gasteiger partial charge in [-0.3, -0.25) is 0 Å². The number of carboxylic acid groups (broad SMARTS) is 1. The van der Waals surface area contributed by atoms with Crippen LogP contribution in [-0.2, 0) is 14.9 Å². The molecule has 78 valence electrons. The first kappa shape index (κ1) is 16.5. The second kappa shape index (κ2) is 8.43. The molecule has 0 aromatic rings. The van der Waals surface area contributed by atoms with Gasteiger partial charge in [0.1, 0.15) is 0 Å². The van der Waals surface area contributed by atoms with E-state index in [9.17, 15) is 13.2 Å². The molecule has 0 atom stereocenters. The standard InChI is InChI=1S/C4H6O2.C3H7O3S.Na/c1-3(2)4(5)6;1-2-3-7(4,5)6;/h1H2,2H3,(H,5,6);1-3H2,(H,4,5,6);. The van der Waals surface area contributed by atoms with Crippen molar-refractivity contribution in [3.05, 3.63) is 12.2 Å². The molecule has 0 bridgehead atoms. The molecule has 0 aromatic carbocycles. The second-order valence-corrected chi connectivity index (χ2v) is 5.30. The second-order valence-electron chi connectivity index (χ2n) is 2.73. The van der Waals surface area contributed by atoms with Crippen LogP contribution in [0.2, 0.25) is 3.67 Å². The van der Waals surface area contributed by atoms with Gasteiger partial charge in [0.25, 0.3) is 0 Å². The van der Waals surface area contributed by atoms with Gasteiger partial charge in [-0.05, 0) is 6.92 Å². The molecule has 7 heteroatoms. The molecule has 0 amide bonds. The van der Waals surface area contributed by atoms with Crippen LogP contribution in [0.1, 0.15) is 13.3 Å². The van der Waals surface area contributed by atoms with Crippen LogP contribution in [0.4, 0.5) is 0 Å². The van der Waals surface area contributed by atoms with Crippen LogP contribution in [0.25, 0.3) is 0 Å². The van der Waals surface area contributed by atoms with E-state index in [1.54, 1.807) is 0 Å². The molecule has 2 N–H and O–H groups in total. The third-order valence-corrected chi connectivity index (χ3v) is 2.63. The normalized spacial score (nSPS) is 10.0. The summed E-state index contributed by atoms with van der Waals surface area (Å²) in [7, 11) is -3.66. The van der Waals surface area contributed by atoms with Gasteiger partial charge in [0, 0.05) is 5.57 Å². The Balaban J connectivity index is 0. The van der Waals surface area contributed by atoms with Crippen LogP contribution < -0.4 is 0 Å². The Morgan fingerprint density at radius 2 is 1.86 bits per heavy atom. The fourth-order valence-electron chi connectivity index (χ4n) is 0.327. The molecule has 0 spiro atoms. The number of hydrogen-bond donors (Lipinski definition) is 2. The molecule has 0 aliphatic rings. The van der Waals surface area contributed by atoms with Crippen LogP contribution in [0.5, 0.6) is 0 Å². The molecule has 0 aliphatic heterocycles. The minimum absolute atomic E-state index is 0.0729. The van der Waals surface area contributed by atoms with Gasteiger partial charge in [-0.1, -0.05) is 6.58 Å². The van der Waals surface area contributed by atoms with Crippen molar-refractivity contribution < 1.29 is 22.9 Å². The Kier molecular flexibility index (Phi) is 9.96. The summed E-state index contributed by atoms with van der Waals surface area (Å²) < 4.78 is 29.0. The molecule has 0 rings (SSSR count). The number of carboxylic acids is 1. The zero-order chi connectivity index (χ0) is 11.8. The number of hydrogen-bond acceptors (Lipinski definition) is 3. The third kappa shape index (κ3) is 18.0. The Morgan fingerprint density at radius 3 is 1.93 bits per heavy atom. The molecule has 0 aromatic heterocycles. The maximum absolute atomic E-state index is 9.96. The van der Waals surface area contributed by atoms with Crippen LogP contribution in [0, 0.1) is 0 Å². The average molecular weight is 232 g/mol. The van der Waals surface area contributed by atoms with E-state index in [-0.39, 0.29) is 11.3 Å². The molecule has 14 heavy (non-hydrogen) atoms. The van der Waals surface area contributed by atoms with E-state index in [1.807, 2.05) is 0 Å². The number of carbonyl (C=O) groups is 1. The van der Waals surface area contributed by atoms with Gasteiger partial charge in [-0.15, -0.1) is 0 Å². The Bertz CT molecular complexity index is 270. The summed E-state index contributed by atoms with van der Waals surface area (Å²) in [6, 6.07) is 0. The van der Waals surface area contributed by atoms with Crippen molar-refractivity contribution in [3.8, 4) is 0 Å². The van der Waals surface area contributed by atoms with E-state index >= 15 is 0 Å². The number of rotatable bonds is 4. The third-order valence-electron chi connectivity index (χ3n) is 1.12. The molecular weight excluding hydrogens is 219 g/mol. The SMILES string of the molecule is C=C(C)C(=O)O.O=S(=O)(O)CC[CH2][Na]. The Morgan fingerprint density at radius 1 is 1.50 bits per heavy atom. The van der Waals surface area contributed by atoms with Gasteiger partial charge in [-0.2, -0.15) is 0 Å². The van der Waals surface area contributed by atoms with E-state index in [0.29, 0.717) is 6.42 Å². The van der Waals surface area contributed by atoms with Crippen molar-refractivity contribution in [3.63, 3.8) is 0 Å². The topological polar surface area (TPSA) is 91.7 Å². The first-order valence-electron chi connectivity index (χ1n) is 4.04. The first-order valence-corrected chi connectivity index (χ1v) is 7.07. The monoisotopic (exact) mass is 232 g/mol. The van der Waals surface area contributed by atoms with E-state index in [2.05, 4.69) is 6.58 Å². The van der Waals surface area contributed by atoms with Crippen LogP contribution >= 0.6 is 0 Å². The van der Waals surface area contributed by atoms with Gasteiger partial charge in [-0.25, -0.2) is 4.79 Å². The quantitative estimate of drug-likeness (QED) is 0.418. The fourth-order valence-corrected chi connectivity index (χ4v) is 1.85. The van der Waals surface area contributed by atoms with Gasteiger partial charge in [0.15, 0.2) is 0 Å². The summed E-state index contributed by atoms with van der Waals surface area (Å²) in [6.45, 7) is 4.60. The van der Waals surface area contributed by atoms with Gasteiger partial charge in [0.05, 0.1) is 0 Å². The van der Waals surface area contributed by atoms with Crippen molar-refractivity contribution in [2.45, 2.75) is 17.0 Å². The summed E-state index contributed by atoms with van der Waals surface area (Å²) in [5, 5.41) is 7.89. The summed E-state index contributed by atoms with van der Waals surface area (Å²) in [4.78, 5) is 9.60. The van der Waals surface area contributed by atoms with Crippen LogP contribution in [0.3, 0.4) is 0 Å². The van der Waals surface area contributed by atoms with Crippen molar-refractivity contribution >= 4 is 44.0 Å². The number of aliphatic carboxylic acids is 1. The predicted molar refractivity (Wildman–Crippen MR) is 54.0 cm³/mol. The average Bonchev–Trinajstić information content (AvgIpc) is 2.00.